The fourth-order valence-electron chi connectivity index (χ4n) is 1.73. The Hall–Kier alpha value is -1.21. The van der Waals surface area contributed by atoms with Gasteiger partial charge in [0.2, 0.25) is 0 Å². The van der Waals surface area contributed by atoms with Gasteiger partial charge in [0.05, 0.1) is 0 Å². The Morgan fingerprint density at radius 1 is 1.07 bits per heavy atom. The summed E-state index contributed by atoms with van der Waals surface area (Å²) in [7, 11) is 0. The summed E-state index contributed by atoms with van der Waals surface area (Å²) in [6.45, 7) is 0. The van der Waals surface area contributed by atoms with Gasteiger partial charge >= 0.3 is 0 Å². The van der Waals surface area contributed by atoms with E-state index in [0.29, 0.717) is 0 Å². The minimum Gasteiger partial charge on any atom is -0.117 e. The van der Waals surface area contributed by atoms with Gasteiger partial charge in [-0.1, -0.05) is 48.5 Å². The zero-order valence-corrected chi connectivity index (χ0v) is 9.00. The molecule has 0 aliphatic carbocycles. The van der Waals surface area contributed by atoms with Crippen LogP contribution in [0, 0.1) is 0 Å². The molecular weight excluding hydrogens is 200 g/mol. The second kappa shape index (κ2) is 3.74. The minimum atomic E-state index is -0.912. The number of thioether (sulfide) groups is 1. The lowest BCUT2D eigenvalue weighted by molar-refractivity contribution is 0.949. The molecule has 0 fully saturated rings. The van der Waals surface area contributed by atoms with Crippen LogP contribution in [0.2, 0.25) is 0 Å². The topological polar surface area (TPSA) is 0 Å². The monoisotopic (exact) mass is 214 g/mol. The number of benzene rings is 2. The molecule has 1 aliphatic rings. The van der Waals surface area contributed by atoms with Crippen molar-refractivity contribution < 1.29 is 2.74 Å². The van der Waals surface area contributed by atoms with Crippen molar-refractivity contribution >= 4 is 11.8 Å². The molecule has 1 heterocycles. The molecule has 0 bridgehead atoms. The highest BCUT2D eigenvalue weighted by Gasteiger charge is 2.22. The summed E-state index contributed by atoms with van der Waals surface area (Å²) in [6, 6.07) is 17.6. The molecule has 2 atom stereocenters. The van der Waals surface area contributed by atoms with Gasteiger partial charge in [-0.05, 0) is 23.6 Å². The Balaban J connectivity index is 2.09. The summed E-state index contributed by atoms with van der Waals surface area (Å²) in [5.41, 5.74) is 1.87. The Labute approximate surface area is 97.1 Å². The summed E-state index contributed by atoms with van der Waals surface area (Å²) in [6.07, 6.45) is -0.522. The Morgan fingerprint density at radius 2 is 1.80 bits per heavy atom. The van der Waals surface area contributed by atoms with Crippen LogP contribution in [0.15, 0.2) is 59.5 Å². The molecule has 2 aromatic carbocycles. The van der Waals surface area contributed by atoms with E-state index in [1.807, 2.05) is 54.6 Å². The number of fused-ring (bicyclic) bond motifs is 1. The molecule has 2 aromatic rings. The highest BCUT2D eigenvalue weighted by atomic mass is 32.2. The summed E-state index contributed by atoms with van der Waals surface area (Å²) in [5.74, 6) is 0. The molecule has 0 amide bonds. The summed E-state index contributed by atoms with van der Waals surface area (Å²) in [5, 5.41) is -0.912. The van der Waals surface area contributed by atoms with E-state index in [2.05, 4.69) is 0 Å². The maximum absolute atomic E-state index is 8.59. The maximum Gasteiger partial charge on any atom is 0.0474 e. The van der Waals surface area contributed by atoms with E-state index < -0.39 is 11.6 Å². The zero-order chi connectivity index (χ0) is 11.9. The fraction of sp³-hybridized carbons (Fsp3) is 0.143. The van der Waals surface area contributed by atoms with E-state index in [-0.39, 0.29) is 0 Å². The first kappa shape index (κ1) is 7.13. The van der Waals surface area contributed by atoms with E-state index in [1.165, 1.54) is 11.8 Å². The maximum atomic E-state index is 8.59. The first-order chi connectivity index (χ1) is 8.22. The van der Waals surface area contributed by atoms with E-state index >= 15 is 0 Å². The van der Waals surface area contributed by atoms with Crippen molar-refractivity contribution in [2.45, 2.75) is 16.5 Å². The van der Waals surface area contributed by atoms with Crippen LogP contribution in [0.1, 0.15) is 19.1 Å². The van der Waals surface area contributed by atoms with E-state index in [0.717, 1.165) is 16.0 Å². The first-order valence-corrected chi connectivity index (χ1v) is 5.79. The average molecular weight is 214 g/mol. The third kappa shape index (κ3) is 1.68. The van der Waals surface area contributed by atoms with E-state index in [9.17, 15) is 0 Å². The van der Waals surface area contributed by atoms with Gasteiger partial charge in [0.25, 0.3) is 0 Å². The summed E-state index contributed by atoms with van der Waals surface area (Å²) in [4.78, 5) is 1.06. The number of hydrogen-bond donors (Lipinski definition) is 0. The van der Waals surface area contributed by atoms with Crippen molar-refractivity contribution in [3.8, 4) is 0 Å². The van der Waals surface area contributed by atoms with Crippen LogP contribution < -0.4 is 0 Å². The molecule has 0 nitrogen and oxygen atoms in total. The highest BCUT2D eigenvalue weighted by Crippen LogP contribution is 2.45. The highest BCUT2D eigenvalue weighted by molar-refractivity contribution is 7.99. The lowest BCUT2D eigenvalue weighted by Crippen LogP contribution is -1.90. The van der Waals surface area contributed by atoms with Crippen LogP contribution in [-0.2, 0) is 6.40 Å². The van der Waals surface area contributed by atoms with Crippen molar-refractivity contribution in [3.05, 3.63) is 65.7 Å². The largest absolute Gasteiger partial charge is 0.117 e. The van der Waals surface area contributed by atoms with Crippen LogP contribution in [0.3, 0.4) is 0 Å². The molecule has 0 saturated carbocycles. The summed E-state index contributed by atoms with van der Waals surface area (Å²) >= 11 is 1.48. The summed E-state index contributed by atoms with van der Waals surface area (Å²) < 4.78 is 16.9. The normalized spacial score (nSPS) is 30.5. The van der Waals surface area contributed by atoms with Gasteiger partial charge in [0.1, 0.15) is 0 Å². The smallest absolute Gasteiger partial charge is 0.0474 e. The van der Waals surface area contributed by atoms with Crippen LogP contribution >= 0.6 is 11.8 Å². The Bertz CT molecular complexity index is 541. The lowest BCUT2D eigenvalue weighted by Gasteiger charge is -2.07. The van der Waals surface area contributed by atoms with Crippen molar-refractivity contribution in [1.29, 1.82) is 0 Å². The van der Waals surface area contributed by atoms with Gasteiger partial charge in [-0.15, -0.1) is 11.8 Å². The Kier molecular flexibility index (Phi) is 1.78. The van der Waals surface area contributed by atoms with Crippen LogP contribution in [0.25, 0.3) is 0 Å². The second-order valence-electron chi connectivity index (χ2n) is 3.51. The van der Waals surface area contributed by atoms with Gasteiger partial charge in [0.15, 0.2) is 0 Å². The van der Waals surface area contributed by atoms with Crippen LogP contribution in [-0.4, -0.2) is 0 Å². The molecule has 0 radical (unpaired) electrons. The van der Waals surface area contributed by atoms with Gasteiger partial charge in [-0.2, -0.15) is 0 Å². The van der Waals surface area contributed by atoms with Crippen molar-refractivity contribution in [1.82, 2.24) is 0 Å². The molecule has 1 aliphatic heterocycles. The van der Waals surface area contributed by atoms with Gasteiger partial charge in [-0.25, -0.2) is 0 Å². The third-order valence-electron chi connectivity index (χ3n) is 2.48. The van der Waals surface area contributed by atoms with Crippen LogP contribution in [0.5, 0.6) is 0 Å². The average Bonchev–Trinajstić information content (AvgIpc) is 2.65. The SMILES string of the molecule is [2H]C1c2ccccc2SC1([2H])c1ccccc1. The quantitative estimate of drug-likeness (QED) is 0.689. The molecule has 15 heavy (non-hydrogen) atoms. The third-order valence-corrected chi connectivity index (χ3v) is 3.65. The van der Waals surface area contributed by atoms with E-state index in [4.69, 9.17) is 2.74 Å². The zero-order valence-electron chi connectivity index (χ0n) is 10.2. The second-order valence-corrected chi connectivity index (χ2v) is 4.60. The van der Waals surface area contributed by atoms with Gasteiger partial charge < -0.3 is 0 Å². The van der Waals surface area contributed by atoms with Crippen molar-refractivity contribution in [2.75, 3.05) is 0 Å². The molecule has 0 saturated heterocycles. The van der Waals surface area contributed by atoms with Crippen molar-refractivity contribution in [3.63, 3.8) is 0 Å². The molecule has 0 spiro atoms. The molecule has 1 heteroatoms. The van der Waals surface area contributed by atoms with Crippen LogP contribution in [0.4, 0.5) is 0 Å². The molecule has 74 valence electrons. The van der Waals surface area contributed by atoms with Crippen molar-refractivity contribution in [2.24, 2.45) is 0 Å². The number of rotatable bonds is 1. The molecule has 2 unspecified atom stereocenters. The molecule has 0 N–H and O–H groups in total. The number of hydrogen-bond acceptors (Lipinski definition) is 1. The molecule has 3 rings (SSSR count). The predicted octanol–water partition coefficient (Wildman–Crippen LogP) is 4.08. The van der Waals surface area contributed by atoms with Gasteiger partial charge in [-0.3, -0.25) is 0 Å². The van der Waals surface area contributed by atoms with E-state index in [1.54, 1.807) is 0 Å². The first-order valence-electron chi connectivity index (χ1n) is 6.05. The Morgan fingerprint density at radius 3 is 2.60 bits per heavy atom. The fourth-order valence-corrected chi connectivity index (χ4v) is 2.79. The van der Waals surface area contributed by atoms with Gasteiger partial charge in [0, 0.05) is 12.9 Å². The lowest BCUT2D eigenvalue weighted by atomic mass is 10.0. The molecule has 0 aromatic heterocycles. The predicted molar refractivity (Wildman–Crippen MR) is 65.2 cm³/mol. The molecular formula is C14H12S. The standard InChI is InChI=1S/C14H12S/c1-2-6-11(7-3-1)14-10-12-8-4-5-9-13(12)15-14/h1-9,14H,10H2/i10D,14D. The minimum absolute atomic E-state index is 0.522.